The SMILES string of the molecule is C[C@@H](O)CNC(=O)NCc1cccnc1N(C)C. The Bertz CT molecular complexity index is 393. The van der Waals surface area contributed by atoms with Gasteiger partial charge >= 0.3 is 6.03 Å². The molecular formula is C12H20N4O2. The molecule has 0 aliphatic heterocycles. The molecule has 0 radical (unpaired) electrons. The number of nitrogens with one attached hydrogen (secondary N) is 2. The number of hydrogen-bond donors (Lipinski definition) is 3. The number of hydrogen-bond acceptors (Lipinski definition) is 4. The van der Waals surface area contributed by atoms with Crippen LogP contribution < -0.4 is 15.5 Å². The van der Waals surface area contributed by atoms with Crippen LogP contribution in [0.1, 0.15) is 12.5 Å². The molecule has 0 aliphatic rings. The summed E-state index contributed by atoms with van der Waals surface area (Å²) < 4.78 is 0. The van der Waals surface area contributed by atoms with E-state index >= 15 is 0 Å². The lowest BCUT2D eigenvalue weighted by Crippen LogP contribution is -2.38. The lowest BCUT2D eigenvalue weighted by molar-refractivity contribution is 0.187. The van der Waals surface area contributed by atoms with Crippen LogP contribution in [0.5, 0.6) is 0 Å². The van der Waals surface area contributed by atoms with Crippen molar-refractivity contribution in [1.29, 1.82) is 0 Å². The number of anilines is 1. The first-order valence-electron chi connectivity index (χ1n) is 5.81. The van der Waals surface area contributed by atoms with Crippen LogP contribution in [0.4, 0.5) is 10.6 Å². The Labute approximate surface area is 107 Å². The topological polar surface area (TPSA) is 77.5 Å². The van der Waals surface area contributed by atoms with Gasteiger partial charge in [-0.25, -0.2) is 9.78 Å². The van der Waals surface area contributed by atoms with Crippen molar-refractivity contribution in [3.63, 3.8) is 0 Å². The summed E-state index contributed by atoms with van der Waals surface area (Å²) in [6, 6.07) is 3.44. The zero-order valence-electron chi connectivity index (χ0n) is 11.0. The highest BCUT2D eigenvalue weighted by Crippen LogP contribution is 2.13. The largest absolute Gasteiger partial charge is 0.392 e. The number of carbonyl (C=O) groups is 1. The highest BCUT2D eigenvalue weighted by Gasteiger charge is 2.07. The number of nitrogens with zero attached hydrogens (tertiary/aromatic N) is 2. The van der Waals surface area contributed by atoms with Gasteiger partial charge < -0.3 is 20.6 Å². The Morgan fingerprint density at radius 2 is 2.22 bits per heavy atom. The summed E-state index contributed by atoms with van der Waals surface area (Å²) in [5, 5.41) is 14.3. The highest BCUT2D eigenvalue weighted by molar-refractivity contribution is 5.74. The average Bonchev–Trinajstić information content (AvgIpc) is 2.34. The number of aliphatic hydroxyl groups excluding tert-OH is 1. The molecule has 1 heterocycles. The summed E-state index contributed by atoms with van der Waals surface area (Å²) in [5.74, 6) is 0.827. The summed E-state index contributed by atoms with van der Waals surface area (Å²) in [4.78, 5) is 17.6. The first-order valence-corrected chi connectivity index (χ1v) is 5.81. The van der Waals surface area contributed by atoms with Crippen LogP contribution in [-0.2, 0) is 6.54 Å². The third kappa shape index (κ3) is 4.58. The Morgan fingerprint density at radius 1 is 1.50 bits per heavy atom. The molecule has 0 spiro atoms. The predicted octanol–water partition coefficient (Wildman–Crippen LogP) is 0.328. The fourth-order valence-corrected chi connectivity index (χ4v) is 1.45. The van der Waals surface area contributed by atoms with Crippen molar-refractivity contribution in [2.24, 2.45) is 0 Å². The Balaban J connectivity index is 2.50. The summed E-state index contributed by atoms with van der Waals surface area (Å²) in [6.07, 6.45) is 1.17. The van der Waals surface area contributed by atoms with Crippen molar-refractivity contribution in [3.05, 3.63) is 23.9 Å². The van der Waals surface area contributed by atoms with Crippen molar-refractivity contribution < 1.29 is 9.90 Å². The first kappa shape index (κ1) is 14.2. The molecule has 1 aromatic rings. The van der Waals surface area contributed by atoms with Crippen LogP contribution in [0.25, 0.3) is 0 Å². The zero-order valence-corrected chi connectivity index (χ0v) is 11.0. The quantitative estimate of drug-likeness (QED) is 0.705. The van der Waals surface area contributed by atoms with Crippen molar-refractivity contribution >= 4 is 11.8 Å². The molecule has 1 atom stereocenters. The van der Waals surface area contributed by atoms with E-state index < -0.39 is 6.10 Å². The van der Waals surface area contributed by atoms with Gasteiger partial charge in [-0.2, -0.15) is 0 Å². The molecule has 100 valence electrons. The molecule has 0 aromatic carbocycles. The van der Waals surface area contributed by atoms with Gasteiger partial charge in [0.05, 0.1) is 6.10 Å². The molecule has 3 N–H and O–H groups in total. The Kier molecular flexibility index (Phi) is 5.38. The molecule has 0 aliphatic carbocycles. The van der Waals surface area contributed by atoms with Crippen LogP contribution in [0, 0.1) is 0 Å². The van der Waals surface area contributed by atoms with Gasteiger partial charge in [-0.1, -0.05) is 6.07 Å². The average molecular weight is 252 g/mol. The summed E-state index contributed by atoms with van der Waals surface area (Å²) in [5.41, 5.74) is 0.940. The fraction of sp³-hybridized carbons (Fsp3) is 0.500. The van der Waals surface area contributed by atoms with Crippen LogP contribution in [0.2, 0.25) is 0 Å². The second kappa shape index (κ2) is 6.80. The van der Waals surface area contributed by atoms with Gasteiger partial charge in [-0.3, -0.25) is 0 Å². The minimum absolute atomic E-state index is 0.236. The maximum Gasteiger partial charge on any atom is 0.315 e. The van der Waals surface area contributed by atoms with Gasteiger partial charge in [-0.05, 0) is 13.0 Å². The number of aromatic nitrogens is 1. The van der Waals surface area contributed by atoms with E-state index in [9.17, 15) is 4.79 Å². The lowest BCUT2D eigenvalue weighted by atomic mass is 10.2. The number of rotatable bonds is 5. The van der Waals surface area contributed by atoms with E-state index in [4.69, 9.17) is 5.11 Å². The second-order valence-electron chi connectivity index (χ2n) is 4.29. The molecular weight excluding hydrogens is 232 g/mol. The second-order valence-corrected chi connectivity index (χ2v) is 4.29. The third-order valence-corrected chi connectivity index (χ3v) is 2.29. The number of amides is 2. The van der Waals surface area contributed by atoms with E-state index in [2.05, 4.69) is 15.6 Å². The highest BCUT2D eigenvalue weighted by atomic mass is 16.3. The van der Waals surface area contributed by atoms with Gasteiger partial charge in [-0.15, -0.1) is 0 Å². The molecule has 18 heavy (non-hydrogen) atoms. The van der Waals surface area contributed by atoms with Crippen molar-refractivity contribution in [2.75, 3.05) is 25.5 Å². The zero-order chi connectivity index (χ0) is 13.5. The fourth-order valence-electron chi connectivity index (χ4n) is 1.45. The van der Waals surface area contributed by atoms with Crippen molar-refractivity contribution in [1.82, 2.24) is 15.6 Å². The maximum atomic E-state index is 11.4. The third-order valence-electron chi connectivity index (χ3n) is 2.29. The molecule has 2 amide bonds. The van der Waals surface area contributed by atoms with E-state index in [0.717, 1.165) is 11.4 Å². The molecule has 0 saturated heterocycles. The van der Waals surface area contributed by atoms with E-state index in [1.54, 1.807) is 13.1 Å². The number of urea groups is 1. The number of pyridine rings is 1. The maximum absolute atomic E-state index is 11.4. The Hall–Kier alpha value is -1.82. The lowest BCUT2D eigenvalue weighted by Gasteiger charge is -2.16. The van der Waals surface area contributed by atoms with Crippen LogP contribution in [-0.4, -0.2) is 42.9 Å². The Morgan fingerprint density at radius 3 is 2.83 bits per heavy atom. The van der Waals surface area contributed by atoms with Crippen molar-refractivity contribution in [3.8, 4) is 0 Å². The van der Waals surface area contributed by atoms with Crippen LogP contribution in [0.3, 0.4) is 0 Å². The molecule has 6 nitrogen and oxygen atoms in total. The molecule has 0 saturated carbocycles. The van der Waals surface area contributed by atoms with E-state index in [1.165, 1.54) is 0 Å². The van der Waals surface area contributed by atoms with Gasteiger partial charge in [0.25, 0.3) is 0 Å². The summed E-state index contributed by atoms with van der Waals surface area (Å²) in [6.45, 7) is 2.25. The summed E-state index contributed by atoms with van der Waals surface area (Å²) in [7, 11) is 3.80. The minimum Gasteiger partial charge on any atom is -0.392 e. The number of aliphatic hydroxyl groups is 1. The first-order chi connectivity index (χ1) is 8.50. The van der Waals surface area contributed by atoms with Gasteiger partial charge in [0, 0.05) is 38.9 Å². The molecule has 6 heteroatoms. The van der Waals surface area contributed by atoms with Crippen LogP contribution >= 0.6 is 0 Å². The minimum atomic E-state index is -0.550. The van der Waals surface area contributed by atoms with Crippen LogP contribution in [0.15, 0.2) is 18.3 Å². The summed E-state index contributed by atoms with van der Waals surface area (Å²) >= 11 is 0. The van der Waals surface area contributed by atoms with E-state index in [-0.39, 0.29) is 12.6 Å². The monoisotopic (exact) mass is 252 g/mol. The van der Waals surface area contributed by atoms with Gasteiger partial charge in [0.15, 0.2) is 0 Å². The molecule has 0 fully saturated rings. The number of carbonyl (C=O) groups excluding carboxylic acids is 1. The van der Waals surface area contributed by atoms with E-state index in [0.29, 0.717) is 6.54 Å². The van der Waals surface area contributed by atoms with Crippen molar-refractivity contribution in [2.45, 2.75) is 19.6 Å². The standard InChI is InChI=1S/C12H20N4O2/c1-9(17)7-14-12(18)15-8-10-5-4-6-13-11(10)16(2)3/h4-6,9,17H,7-8H2,1-3H3,(H2,14,15,18)/t9-/m1/s1. The predicted molar refractivity (Wildman–Crippen MR) is 70.5 cm³/mol. The van der Waals surface area contributed by atoms with Gasteiger partial charge in [0.2, 0.25) is 0 Å². The molecule has 1 rings (SSSR count). The molecule has 0 bridgehead atoms. The van der Waals surface area contributed by atoms with E-state index in [1.807, 2.05) is 31.1 Å². The van der Waals surface area contributed by atoms with Gasteiger partial charge in [0.1, 0.15) is 5.82 Å². The smallest absolute Gasteiger partial charge is 0.315 e. The normalized spacial score (nSPS) is 11.8. The molecule has 0 unspecified atom stereocenters. The molecule has 1 aromatic heterocycles.